The molecule has 0 bridgehead atoms. The number of amides is 1. The maximum atomic E-state index is 12.2. The van der Waals surface area contributed by atoms with Crippen molar-refractivity contribution < 1.29 is 19.1 Å². The molecular weight excluding hydrogens is 294 g/mol. The number of nitrogens with one attached hydrogen (secondary N) is 1. The molecule has 0 saturated heterocycles. The molecule has 5 heteroatoms. The van der Waals surface area contributed by atoms with Crippen molar-refractivity contribution in [3.05, 3.63) is 54.1 Å². The van der Waals surface area contributed by atoms with Crippen LogP contribution in [0, 0.1) is 5.92 Å². The SMILES string of the molecule is COc1ccc(OC(=O)c2cccc(NC(=O)C3CC3)c2)cc1. The van der Waals surface area contributed by atoms with E-state index in [0.717, 1.165) is 12.8 Å². The van der Waals surface area contributed by atoms with Crippen molar-refractivity contribution >= 4 is 17.6 Å². The van der Waals surface area contributed by atoms with Crippen LogP contribution in [0.5, 0.6) is 11.5 Å². The van der Waals surface area contributed by atoms with Gasteiger partial charge in [-0.2, -0.15) is 0 Å². The lowest BCUT2D eigenvalue weighted by atomic mass is 10.2. The number of hydrogen-bond donors (Lipinski definition) is 1. The lowest BCUT2D eigenvalue weighted by Gasteiger charge is -2.08. The Kier molecular flexibility index (Phi) is 4.28. The molecule has 2 aromatic rings. The zero-order valence-electron chi connectivity index (χ0n) is 12.7. The summed E-state index contributed by atoms with van der Waals surface area (Å²) in [6.07, 6.45) is 1.87. The smallest absolute Gasteiger partial charge is 0.343 e. The molecule has 0 unspecified atom stereocenters. The van der Waals surface area contributed by atoms with Crippen LogP contribution in [0.2, 0.25) is 0 Å². The second kappa shape index (κ2) is 6.52. The Bertz CT molecular complexity index is 720. The van der Waals surface area contributed by atoms with Gasteiger partial charge in [-0.3, -0.25) is 4.79 Å². The topological polar surface area (TPSA) is 64.6 Å². The molecule has 23 heavy (non-hydrogen) atoms. The minimum atomic E-state index is -0.474. The quantitative estimate of drug-likeness (QED) is 0.680. The van der Waals surface area contributed by atoms with Crippen molar-refractivity contribution in [1.29, 1.82) is 0 Å². The largest absolute Gasteiger partial charge is 0.497 e. The number of ether oxygens (including phenoxy) is 2. The van der Waals surface area contributed by atoms with Crippen molar-refractivity contribution in [3.63, 3.8) is 0 Å². The van der Waals surface area contributed by atoms with Crippen molar-refractivity contribution in [1.82, 2.24) is 0 Å². The van der Waals surface area contributed by atoms with E-state index < -0.39 is 5.97 Å². The number of carbonyl (C=O) groups excluding carboxylic acids is 2. The van der Waals surface area contributed by atoms with Gasteiger partial charge in [-0.25, -0.2) is 4.79 Å². The first-order valence-corrected chi connectivity index (χ1v) is 7.43. The summed E-state index contributed by atoms with van der Waals surface area (Å²) in [6, 6.07) is 13.5. The first kappa shape index (κ1) is 15.1. The zero-order chi connectivity index (χ0) is 16.2. The molecule has 0 aromatic heterocycles. The summed E-state index contributed by atoms with van der Waals surface area (Å²) in [6.45, 7) is 0. The molecule has 1 aliphatic carbocycles. The molecule has 0 heterocycles. The highest BCUT2D eigenvalue weighted by molar-refractivity contribution is 5.96. The van der Waals surface area contributed by atoms with Gasteiger partial charge in [0.05, 0.1) is 12.7 Å². The summed E-state index contributed by atoms with van der Waals surface area (Å²) in [4.78, 5) is 24.0. The molecular formula is C18H17NO4. The minimum Gasteiger partial charge on any atom is -0.497 e. The minimum absolute atomic E-state index is 0.00525. The summed E-state index contributed by atoms with van der Waals surface area (Å²) in [5, 5.41) is 2.81. The van der Waals surface area contributed by atoms with Gasteiger partial charge < -0.3 is 14.8 Å². The van der Waals surface area contributed by atoms with Crippen LogP contribution in [0.3, 0.4) is 0 Å². The third-order valence-corrected chi connectivity index (χ3v) is 3.58. The van der Waals surface area contributed by atoms with Gasteiger partial charge in [0.2, 0.25) is 5.91 Å². The molecule has 5 nitrogen and oxygen atoms in total. The van der Waals surface area contributed by atoms with Crippen LogP contribution in [0.15, 0.2) is 48.5 Å². The number of rotatable bonds is 5. The molecule has 0 spiro atoms. The molecule has 2 aromatic carbocycles. The van der Waals surface area contributed by atoms with Gasteiger partial charge in [-0.1, -0.05) is 6.07 Å². The Morgan fingerprint density at radius 2 is 1.74 bits per heavy atom. The lowest BCUT2D eigenvalue weighted by Crippen LogP contribution is -2.14. The molecule has 1 amide bonds. The fourth-order valence-corrected chi connectivity index (χ4v) is 2.12. The third-order valence-electron chi connectivity index (χ3n) is 3.58. The summed E-state index contributed by atoms with van der Waals surface area (Å²) in [7, 11) is 1.57. The number of esters is 1. The van der Waals surface area contributed by atoms with Gasteiger partial charge in [0, 0.05) is 11.6 Å². The van der Waals surface area contributed by atoms with E-state index in [9.17, 15) is 9.59 Å². The van der Waals surface area contributed by atoms with Crippen molar-refractivity contribution in [3.8, 4) is 11.5 Å². The maximum absolute atomic E-state index is 12.2. The van der Waals surface area contributed by atoms with Crippen molar-refractivity contribution in [2.75, 3.05) is 12.4 Å². The van der Waals surface area contributed by atoms with E-state index in [0.29, 0.717) is 22.7 Å². The second-order valence-electron chi connectivity index (χ2n) is 5.41. The highest BCUT2D eigenvalue weighted by Crippen LogP contribution is 2.30. The van der Waals surface area contributed by atoms with Crippen LogP contribution in [0.25, 0.3) is 0 Å². The maximum Gasteiger partial charge on any atom is 0.343 e. The van der Waals surface area contributed by atoms with Gasteiger partial charge in [-0.15, -0.1) is 0 Å². The second-order valence-corrected chi connectivity index (χ2v) is 5.41. The van der Waals surface area contributed by atoms with Crippen LogP contribution in [-0.4, -0.2) is 19.0 Å². The van der Waals surface area contributed by atoms with E-state index in [-0.39, 0.29) is 11.8 Å². The molecule has 1 aliphatic rings. The first-order chi connectivity index (χ1) is 11.2. The van der Waals surface area contributed by atoms with Crippen LogP contribution in [0.4, 0.5) is 5.69 Å². The fraction of sp³-hybridized carbons (Fsp3) is 0.222. The molecule has 0 aliphatic heterocycles. The number of methoxy groups -OCH3 is 1. The summed E-state index contributed by atoms with van der Waals surface area (Å²) in [5.41, 5.74) is 0.987. The monoisotopic (exact) mass is 311 g/mol. The lowest BCUT2D eigenvalue weighted by molar-refractivity contribution is -0.117. The summed E-state index contributed by atoms with van der Waals surface area (Å²) >= 11 is 0. The summed E-state index contributed by atoms with van der Waals surface area (Å²) in [5.74, 6) is 0.770. The Morgan fingerprint density at radius 3 is 2.39 bits per heavy atom. The van der Waals surface area contributed by atoms with Gasteiger partial charge >= 0.3 is 5.97 Å². The average Bonchev–Trinajstić information content (AvgIpc) is 3.41. The standard InChI is InChI=1S/C18H17NO4/c1-22-15-7-9-16(10-8-15)23-18(21)13-3-2-4-14(11-13)19-17(20)12-5-6-12/h2-4,7-12H,5-6H2,1H3,(H,19,20). The van der Waals surface area contributed by atoms with Crippen LogP contribution < -0.4 is 14.8 Å². The Morgan fingerprint density at radius 1 is 1.04 bits per heavy atom. The van der Waals surface area contributed by atoms with E-state index in [1.807, 2.05) is 0 Å². The third kappa shape index (κ3) is 3.88. The van der Waals surface area contributed by atoms with E-state index in [4.69, 9.17) is 9.47 Å². The number of anilines is 1. The van der Waals surface area contributed by atoms with Gasteiger partial charge in [0.25, 0.3) is 0 Å². The van der Waals surface area contributed by atoms with E-state index >= 15 is 0 Å². The number of benzene rings is 2. The Balaban J connectivity index is 1.67. The first-order valence-electron chi connectivity index (χ1n) is 7.43. The van der Waals surface area contributed by atoms with Gasteiger partial charge in [-0.05, 0) is 55.3 Å². The Hall–Kier alpha value is -2.82. The highest BCUT2D eigenvalue weighted by atomic mass is 16.5. The normalized spacial score (nSPS) is 13.3. The molecule has 1 fully saturated rings. The van der Waals surface area contributed by atoms with Crippen LogP contribution >= 0.6 is 0 Å². The predicted molar refractivity (Wildman–Crippen MR) is 85.7 cm³/mol. The van der Waals surface area contributed by atoms with Crippen molar-refractivity contribution in [2.24, 2.45) is 5.92 Å². The molecule has 1 saturated carbocycles. The summed E-state index contributed by atoms with van der Waals surface area (Å²) < 4.78 is 10.4. The molecule has 1 N–H and O–H groups in total. The number of carbonyl (C=O) groups is 2. The predicted octanol–water partition coefficient (Wildman–Crippen LogP) is 3.26. The Labute approximate surface area is 134 Å². The molecule has 3 rings (SSSR count). The van der Waals surface area contributed by atoms with Crippen LogP contribution in [0.1, 0.15) is 23.2 Å². The number of hydrogen-bond acceptors (Lipinski definition) is 4. The van der Waals surface area contributed by atoms with E-state index in [1.165, 1.54) is 0 Å². The van der Waals surface area contributed by atoms with Crippen LogP contribution in [-0.2, 0) is 4.79 Å². The average molecular weight is 311 g/mol. The van der Waals surface area contributed by atoms with Crippen molar-refractivity contribution in [2.45, 2.75) is 12.8 Å². The fourth-order valence-electron chi connectivity index (χ4n) is 2.12. The molecule has 0 atom stereocenters. The highest BCUT2D eigenvalue weighted by Gasteiger charge is 2.29. The molecule has 118 valence electrons. The van der Waals surface area contributed by atoms with E-state index in [2.05, 4.69) is 5.32 Å². The van der Waals surface area contributed by atoms with E-state index in [1.54, 1.807) is 55.6 Å². The van der Waals surface area contributed by atoms with Gasteiger partial charge in [0.15, 0.2) is 0 Å². The van der Waals surface area contributed by atoms with Gasteiger partial charge in [0.1, 0.15) is 11.5 Å². The molecule has 0 radical (unpaired) electrons. The zero-order valence-corrected chi connectivity index (χ0v) is 12.7.